The molecule has 0 saturated carbocycles. The molecule has 0 amide bonds. The first-order valence-electron chi connectivity index (χ1n) is 11.0. The highest BCUT2D eigenvalue weighted by atomic mass is 14.9. The van der Waals surface area contributed by atoms with Gasteiger partial charge in [0.05, 0.1) is 11.4 Å². The first-order chi connectivity index (χ1) is 16.4. The number of hydrogen-bond acceptors (Lipinski definition) is 4. The van der Waals surface area contributed by atoms with Gasteiger partial charge in [-0.3, -0.25) is 9.98 Å². The maximum absolute atomic E-state index is 6.26. The highest BCUT2D eigenvalue weighted by Crippen LogP contribution is 2.17. The number of nitrogens with zero attached hydrogens (tertiary/aromatic N) is 4. The standard InChI is InChI=1S/C26H30N8/c1-3-31-23(27)17-8-12-21(13-9-17)33-25(29)19-6-5-7-20(16-19)26(30)34-22-14-10-18(11-15-22)24(28)32-4-2/h5-16H,3-4H2,1-2H3,(H2,27,31)(H2,28,32)(H2,29,33)(H2,30,34). The fourth-order valence-electron chi connectivity index (χ4n) is 3.18. The molecule has 34 heavy (non-hydrogen) atoms. The van der Waals surface area contributed by atoms with Gasteiger partial charge in [-0.25, -0.2) is 9.98 Å². The zero-order chi connectivity index (χ0) is 24.5. The van der Waals surface area contributed by atoms with Crippen molar-refractivity contribution in [1.29, 1.82) is 0 Å². The highest BCUT2D eigenvalue weighted by molar-refractivity contribution is 6.04. The van der Waals surface area contributed by atoms with Crippen LogP contribution >= 0.6 is 0 Å². The lowest BCUT2D eigenvalue weighted by Crippen LogP contribution is -2.17. The summed E-state index contributed by atoms with van der Waals surface area (Å²) in [6, 6.07) is 22.4. The molecular formula is C26H30N8. The summed E-state index contributed by atoms with van der Waals surface area (Å²) in [6.07, 6.45) is 0. The van der Waals surface area contributed by atoms with Crippen molar-refractivity contribution in [3.63, 3.8) is 0 Å². The van der Waals surface area contributed by atoms with Gasteiger partial charge in [-0.2, -0.15) is 0 Å². The van der Waals surface area contributed by atoms with E-state index in [9.17, 15) is 0 Å². The normalized spacial score (nSPS) is 13.2. The second kappa shape index (κ2) is 11.4. The molecule has 0 aliphatic heterocycles. The summed E-state index contributed by atoms with van der Waals surface area (Å²) in [5.74, 6) is 1.74. The van der Waals surface area contributed by atoms with E-state index in [1.165, 1.54) is 0 Å². The van der Waals surface area contributed by atoms with Crippen LogP contribution in [-0.2, 0) is 0 Å². The van der Waals surface area contributed by atoms with Gasteiger partial charge in [0.1, 0.15) is 23.3 Å². The van der Waals surface area contributed by atoms with Crippen LogP contribution in [-0.4, -0.2) is 36.4 Å². The van der Waals surface area contributed by atoms with Crippen molar-refractivity contribution in [2.45, 2.75) is 13.8 Å². The Morgan fingerprint density at radius 2 is 0.912 bits per heavy atom. The van der Waals surface area contributed by atoms with Gasteiger partial charge in [-0.15, -0.1) is 0 Å². The summed E-state index contributed by atoms with van der Waals surface area (Å²) in [5.41, 5.74) is 29.0. The van der Waals surface area contributed by atoms with E-state index in [1.807, 2.05) is 86.6 Å². The minimum atomic E-state index is 0.368. The molecule has 8 heteroatoms. The smallest absolute Gasteiger partial charge is 0.131 e. The van der Waals surface area contributed by atoms with Crippen LogP contribution in [0.3, 0.4) is 0 Å². The van der Waals surface area contributed by atoms with E-state index in [0.29, 0.717) is 47.8 Å². The van der Waals surface area contributed by atoms with Crippen LogP contribution in [0, 0.1) is 0 Å². The van der Waals surface area contributed by atoms with Gasteiger partial charge in [0.15, 0.2) is 0 Å². The Kier molecular flexibility index (Phi) is 8.12. The number of nitrogens with two attached hydrogens (primary N) is 4. The molecule has 8 nitrogen and oxygen atoms in total. The molecule has 0 heterocycles. The van der Waals surface area contributed by atoms with E-state index < -0.39 is 0 Å². The number of amidine groups is 4. The van der Waals surface area contributed by atoms with E-state index in [-0.39, 0.29) is 0 Å². The van der Waals surface area contributed by atoms with Crippen LogP contribution in [0.1, 0.15) is 36.1 Å². The van der Waals surface area contributed by atoms with Crippen molar-refractivity contribution < 1.29 is 0 Å². The quantitative estimate of drug-likeness (QED) is 0.305. The lowest BCUT2D eigenvalue weighted by atomic mass is 10.1. The molecule has 0 bridgehead atoms. The lowest BCUT2D eigenvalue weighted by Gasteiger charge is -2.07. The van der Waals surface area contributed by atoms with Crippen molar-refractivity contribution in [1.82, 2.24) is 0 Å². The topological polar surface area (TPSA) is 154 Å². The van der Waals surface area contributed by atoms with Crippen LogP contribution in [0.2, 0.25) is 0 Å². The average molecular weight is 455 g/mol. The minimum absolute atomic E-state index is 0.368. The van der Waals surface area contributed by atoms with Gasteiger partial charge in [0.25, 0.3) is 0 Å². The predicted molar refractivity (Wildman–Crippen MR) is 143 cm³/mol. The molecule has 0 aliphatic rings. The summed E-state index contributed by atoms with van der Waals surface area (Å²) in [7, 11) is 0. The SMILES string of the molecule is CCN=C(N)c1ccc(N=C(N)c2cccc(C(N)=Nc3ccc(C(N)=NCC)cc3)c2)cc1. The highest BCUT2D eigenvalue weighted by Gasteiger charge is 2.06. The molecule has 0 saturated heterocycles. The third kappa shape index (κ3) is 6.29. The van der Waals surface area contributed by atoms with Crippen LogP contribution in [0.15, 0.2) is 92.8 Å². The zero-order valence-electron chi connectivity index (χ0n) is 19.4. The second-order valence-electron chi connectivity index (χ2n) is 7.39. The molecule has 3 aromatic rings. The Balaban J connectivity index is 1.79. The van der Waals surface area contributed by atoms with E-state index >= 15 is 0 Å². The molecule has 0 atom stereocenters. The number of rotatable bonds is 8. The van der Waals surface area contributed by atoms with Gasteiger partial charge in [-0.05, 0) is 68.4 Å². The summed E-state index contributed by atoms with van der Waals surface area (Å²) < 4.78 is 0. The third-order valence-corrected chi connectivity index (χ3v) is 4.94. The van der Waals surface area contributed by atoms with Crippen LogP contribution in [0.25, 0.3) is 0 Å². The number of aliphatic imine (C=N–C) groups is 4. The summed E-state index contributed by atoms with van der Waals surface area (Å²) in [5, 5.41) is 0. The van der Waals surface area contributed by atoms with E-state index in [4.69, 9.17) is 22.9 Å². The summed E-state index contributed by atoms with van der Waals surface area (Å²) in [6.45, 7) is 5.14. The molecule has 3 rings (SSSR count). The van der Waals surface area contributed by atoms with Crippen LogP contribution < -0.4 is 22.9 Å². The minimum Gasteiger partial charge on any atom is -0.384 e. The number of hydrogen-bond donors (Lipinski definition) is 4. The largest absolute Gasteiger partial charge is 0.384 e. The first-order valence-corrected chi connectivity index (χ1v) is 11.0. The molecule has 0 aromatic heterocycles. The van der Waals surface area contributed by atoms with Crippen molar-refractivity contribution in [3.05, 3.63) is 95.1 Å². The van der Waals surface area contributed by atoms with Gasteiger partial charge in [0.2, 0.25) is 0 Å². The molecule has 0 spiro atoms. The molecule has 0 fully saturated rings. The van der Waals surface area contributed by atoms with Gasteiger partial charge in [-0.1, -0.05) is 18.2 Å². The van der Waals surface area contributed by atoms with E-state index in [1.54, 1.807) is 0 Å². The van der Waals surface area contributed by atoms with Crippen molar-refractivity contribution in [2.75, 3.05) is 13.1 Å². The monoisotopic (exact) mass is 454 g/mol. The molecule has 0 radical (unpaired) electrons. The summed E-state index contributed by atoms with van der Waals surface area (Å²) in [4.78, 5) is 17.4. The Labute approximate surface area is 199 Å². The van der Waals surface area contributed by atoms with Crippen molar-refractivity contribution in [2.24, 2.45) is 42.9 Å². The van der Waals surface area contributed by atoms with Gasteiger partial charge < -0.3 is 22.9 Å². The summed E-state index contributed by atoms with van der Waals surface area (Å²) >= 11 is 0. The second-order valence-corrected chi connectivity index (χ2v) is 7.39. The Bertz CT molecular complexity index is 1140. The third-order valence-electron chi connectivity index (χ3n) is 4.94. The maximum Gasteiger partial charge on any atom is 0.131 e. The van der Waals surface area contributed by atoms with Crippen molar-refractivity contribution >= 4 is 34.7 Å². The Morgan fingerprint density at radius 1 is 0.529 bits per heavy atom. The number of benzene rings is 3. The molecular weight excluding hydrogens is 424 g/mol. The molecule has 0 aliphatic carbocycles. The fourth-order valence-corrected chi connectivity index (χ4v) is 3.18. The molecule has 0 unspecified atom stereocenters. The Morgan fingerprint density at radius 3 is 1.26 bits per heavy atom. The van der Waals surface area contributed by atoms with Crippen molar-refractivity contribution in [3.8, 4) is 0 Å². The maximum atomic E-state index is 6.26. The lowest BCUT2D eigenvalue weighted by molar-refractivity contribution is 1.12. The molecule has 174 valence electrons. The van der Waals surface area contributed by atoms with Gasteiger partial charge in [0, 0.05) is 35.3 Å². The first kappa shape index (κ1) is 24.2. The predicted octanol–water partition coefficient (Wildman–Crippen LogP) is 3.21. The molecule has 8 N–H and O–H groups in total. The van der Waals surface area contributed by atoms with Gasteiger partial charge >= 0.3 is 0 Å². The Hall–Kier alpha value is -4.46. The zero-order valence-corrected chi connectivity index (χ0v) is 19.4. The van der Waals surface area contributed by atoms with E-state index in [0.717, 1.165) is 22.3 Å². The van der Waals surface area contributed by atoms with E-state index in [2.05, 4.69) is 20.0 Å². The van der Waals surface area contributed by atoms with Crippen LogP contribution in [0.5, 0.6) is 0 Å². The molecule has 3 aromatic carbocycles. The van der Waals surface area contributed by atoms with Crippen LogP contribution in [0.4, 0.5) is 11.4 Å². The fraction of sp³-hybridized carbons (Fsp3) is 0.154. The average Bonchev–Trinajstić information content (AvgIpc) is 2.85.